The molecule has 0 saturated carbocycles. The number of hydrogen-bond acceptors (Lipinski definition) is 9. The van der Waals surface area contributed by atoms with Crippen LogP contribution in [-0.4, -0.2) is 138 Å². The van der Waals surface area contributed by atoms with E-state index in [2.05, 4.69) is 76.9 Å². The average Bonchev–Trinajstić information content (AvgIpc) is 2.89. The Kier molecular flexibility index (Phi) is 37.4. The summed E-state index contributed by atoms with van der Waals surface area (Å²) in [5, 5.41) is 9.99. The molecular formula is C30H74N6O6S. The van der Waals surface area contributed by atoms with Gasteiger partial charge >= 0.3 is 0 Å². The van der Waals surface area contributed by atoms with Crippen LogP contribution in [0.25, 0.3) is 0 Å². The molecule has 0 aliphatic heterocycles. The standard InChI is InChI=1S/C9H18O2.3C7H19N2.H2O4S/c1-8(2)6-4-3-5-7-9(10)11;3*1-4-9(2,3)7-5-6-8;1-5(2,3)4/h8H,3-7H2,1-2H3,(H,10,11);3*4-8H2,1-3H3;(H2,1,2,3,4)/q;3*+1;/p-3. The molecule has 0 unspecified atom stereocenters. The van der Waals surface area contributed by atoms with Crippen molar-refractivity contribution in [3.05, 3.63) is 0 Å². The van der Waals surface area contributed by atoms with Gasteiger partial charge in [-0.15, -0.1) is 0 Å². The van der Waals surface area contributed by atoms with Crippen molar-refractivity contribution in [1.82, 2.24) is 0 Å². The minimum absolute atomic E-state index is 0.220. The summed E-state index contributed by atoms with van der Waals surface area (Å²) in [4.78, 5) is 9.99. The van der Waals surface area contributed by atoms with Crippen LogP contribution >= 0.6 is 0 Å². The van der Waals surface area contributed by atoms with Gasteiger partial charge in [-0.05, 0) is 59.2 Å². The lowest BCUT2D eigenvalue weighted by molar-refractivity contribution is -0.888. The van der Waals surface area contributed by atoms with Crippen molar-refractivity contribution in [2.24, 2.45) is 23.1 Å². The Morgan fingerprint density at radius 1 is 0.628 bits per heavy atom. The second kappa shape index (κ2) is 31.1. The van der Waals surface area contributed by atoms with E-state index >= 15 is 0 Å². The van der Waals surface area contributed by atoms with Crippen LogP contribution in [0.15, 0.2) is 0 Å². The van der Waals surface area contributed by atoms with E-state index in [0.29, 0.717) is 0 Å². The van der Waals surface area contributed by atoms with Crippen LogP contribution in [0.1, 0.15) is 86.0 Å². The maximum Gasteiger partial charge on any atom is 0.0794 e. The Hall–Kier alpha value is -0.900. The number of carboxylic acids is 1. The van der Waals surface area contributed by atoms with Gasteiger partial charge in [0.05, 0.1) is 81.6 Å². The second-order valence-electron chi connectivity index (χ2n) is 13.1. The lowest BCUT2D eigenvalue weighted by Gasteiger charge is -2.27. The van der Waals surface area contributed by atoms with Crippen LogP contribution in [0.4, 0.5) is 0 Å². The molecular weight excluding hydrogens is 572 g/mol. The van der Waals surface area contributed by atoms with Crippen molar-refractivity contribution >= 4 is 16.4 Å². The van der Waals surface area contributed by atoms with E-state index in [-0.39, 0.29) is 6.42 Å². The number of carboxylic acid groups (broad SMARTS) is 1. The zero-order chi connectivity index (χ0) is 35.2. The molecule has 0 aromatic carbocycles. The summed E-state index contributed by atoms with van der Waals surface area (Å²) in [7, 11) is 8.22. The molecule has 0 aromatic rings. The van der Waals surface area contributed by atoms with E-state index in [1.807, 2.05) is 0 Å². The first kappa shape index (κ1) is 51.7. The number of hydrogen-bond donors (Lipinski definition) is 3. The summed E-state index contributed by atoms with van der Waals surface area (Å²) in [5.74, 6) is -0.187. The molecule has 0 amide bonds. The van der Waals surface area contributed by atoms with Crippen molar-refractivity contribution in [3.63, 3.8) is 0 Å². The van der Waals surface area contributed by atoms with Crippen LogP contribution < -0.4 is 22.3 Å². The van der Waals surface area contributed by atoms with Gasteiger partial charge in [0.15, 0.2) is 0 Å². The Balaban J connectivity index is -0.000000142. The fraction of sp³-hybridized carbons (Fsp3) is 0.967. The van der Waals surface area contributed by atoms with E-state index in [0.717, 1.165) is 77.5 Å². The topological polar surface area (TPSA) is 198 Å². The van der Waals surface area contributed by atoms with Crippen molar-refractivity contribution < 1.29 is 40.9 Å². The number of carbonyl (C=O) groups excluding carboxylic acids is 1. The summed E-state index contributed by atoms with van der Waals surface area (Å²) >= 11 is 0. The van der Waals surface area contributed by atoms with Crippen LogP contribution in [-0.2, 0) is 15.2 Å². The van der Waals surface area contributed by atoms with E-state index in [1.54, 1.807) is 0 Å². The van der Waals surface area contributed by atoms with Crippen LogP contribution in [0.5, 0.6) is 0 Å². The molecule has 12 nitrogen and oxygen atoms in total. The lowest BCUT2D eigenvalue weighted by Crippen LogP contribution is -2.40. The molecule has 0 rings (SSSR count). The molecule has 0 aromatic heterocycles. The van der Waals surface area contributed by atoms with Gasteiger partial charge in [0.1, 0.15) is 0 Å². The van der Waals surface area contributed by atoms with Crippen molar-refractivity contribution in [1.29, 1.82) is 0 Å². The summed E-state index contributed by atoms with van der Waals surface area (Å²) in [5.41, 5.74) is 16.1. The van der Waals surface area contributed by atoms with Gasteiger partial charge in [-0.3, -0.25) is 8.42 Å². The quantitative estimate of drug-likeness (QED) is 0.0850. The highest BCUT2D eigenvalue weighted by molar-refractivity contribution is 7.79. The van der Waals surface area contributed by atoms with Crippen molar-refractivity contribution in [2.45, 2.75) is 86.0 Å². The Bertz CT molecular complexity index is 650. The van der Waals surface area contributed by atoms with Gasteiger partial charge in [0, 0.05) is 35.6 Å². The molecule has 13 heteroatoms. The first-order chi connectivity index (χ1) is 19.5. The minimum atomic E-state index is -5.17. The summed E-state index contributed by atoms with van der Waals surface area (Å²) < 4.78 is 37.4. The summed E-state index contributed by atoms with van der Waals surface area (Å²) in [6, 6.07) is 0. The molecule has 0 bridgehead atoms. The van der Waals surface area contributed by atoms with Gasteiger partial charge in [-0.2, -0.15) is 0 Å². The molecule has 43 heavy (non-hydrogen) atoms. The van der Waals surface area contributed by atoms with Gasteiger partial charge in [0.25, 0.3) is 0 Å². The first-order valence-electron chi connectivity index (χ1n) is 15.9. The van der Waals surface area contributed by atoms with Crippen LogP contribution in [0.3, 0.4) is 0 Å². The Morgan fingerprint density at radius 3 is 1.09 bits per heavy atom. The third kappa shape index (κ3) is 65.0. The molecule has 0 fully saturated rings. The number of unbranched alkanes of at least 4 members (excludes halogenated alkanes) is 2. The molecule has 0 saturated heterocycles. The number of nitrogens with two attached hydrogens (primary N) is 3. The summed E-state index contributed by atoms with van der Waals surface area (Å²) in [6.45, 7) is 20.6. The molecule has 0 spiro atoms. The van der Waals surface area contributed by atoms with Crippen LogP contribution in [0.2, 0.25) is 0 Å². The minimum Gasteiger partial charge on any atom is -0.759 e. The van der Waals surface area contributed by atoms with Gasteiger partial charge in [-0.25, -0.2) is 0 Å². The van der Waals surface area contributed by atoms with Gasteiger partial charge in [-0.1, -0.05) is 33.1 Å². The third-order valence-corrected chi connectivity index (χ3v) is 7.13. The van der Waals surface area contributed by atoms with Gasteiger partial charge < -0.3 is 49.7 Å². The molecule has 0 atom stereocenters. The van der Waals surface area contributed by atoms with E-state index in [1.165, 1.54) is 45.7 Å². The van der Waals surface area contributed by atoms with E-state index < -0.39 is 16.4 Å². The summed E-state index contributed by atoms with van der Waals surface area (Å²) in [6.07, 6.45) is 7.78. The smallest absolute Gasteiger partial charge is 0.0794 e. The predicted molar refractivity (Wildman–Crippen MR) is 177 cm³/mol. The molecule has 0 aliphatic rings. The lowest BCUT2D eigenvalue weighted by atomic mass is 10.0. The van der Waals surface area contributed by atoms with E-state index in [4.69, 9.17) is 34.7 Å². The number of carbonyl (C=O) groups is 1. The molecule has 0 heterocycles. The monoisotopic (exact) mass is 647 g/mol. The molecule has 0 aliphatic carbocycles. The normalized spacial score (nSPS) is 11.6. The molecule has 6 N–H and O–H groups in total. The van der Waals surface area contributed by atoms with Crippen molar-refractivity contribution in [3.8, 4) is 0 Å². The zero-order valence-corrected chi connectivity index (χ0v) is 30.8. The number of nitrogens with zero attached hydrogens (tertiary/aromatic N) is 3. The number of rotatable bonds is 18. The SMILES string of the molecule is CC(C)CCCCCC(=O)[O-].CC[N+](C)(C)CCCN.CC[N+](C)(C)CCCN.CC[N+](C)(C)CCCN.O=S(=O)([O-])[O-]. The van der Waals surface area contributed by atoms with Crippen LogP contribution in [0, 0.1) is 5.92 Å². The maximum absolute atomic E-state index is 9.99. The number of quaternary nitrogens is 3. The largest absolute Gasteiger partial charge is 0.759 e. The highest BCUT2D eigenvalue weighted by Gasteiger charge is 2.10. The fourth-order valence-electron chi connectivity index (χ4n) is 3.03. The highest BCUT2D eigenvalue weighted by Crippen LogP contribution is 2.08. The van der Waals surface area contributed by atoms with E-state index in [9.17, 15) is 9.90 Å². The zero-order valence-electron chi connectivity index (χ0n) is 30.0. The first-order valence-corrected chi connectivity index (χ1v) is 17.3. The third-order valence-electron chi connectivity index (χ3n) is 7.13. The fourth-order valence-corrected chi connectivity index (χ4v) is 3.03. The molecule has 0 radical (unpaired) electrons. The van der Waals surface area contributed by atoms with Gasteiger partial charge in [0.2, 0.25) is 0 Å². The number of aliphatic carboxylic acids is 1. The second-order valence-corrected chi connectivity index (χ2v) is 13.9. The molecule has 266 valence electrons. The Labute approximate surface area is 267 Å². The predicted octanol–water partition coefficient (Wildman–Crippen LogP) is 1.30. The maximum atomic E-state index is 9.99. The Morgan fingerprint density at radius 2 is 0.907 bits per heavy atom. The van der Waals surface area contributed by atoms with Crippen molar-refractivity contribution in [2.75, 3.05) is 101 Å². The average molecular weight is 647 g/mol. The highest BCUT2D eigenvalue weighted by atomic mass is 32.3.